The molecule has 9 heteroatoms. The molecule has 2 aromatic heterocycles. The summed E-state index contributed by atoms with van der Waals surface area (Å²) in [4.78, 5) is 3.65. The largest absolute Gasteiger partial charge is 0.360 e. The van der Waals surface area contributed by atoms with Gasteiger partial charge in [-0.25, -0.2) is 13.4 Å². The number of hydrogen-bond acceptors (Lipinski definition) is 6. The van der Waals surface area contributed by atoms with Gasteiger partial charge in [-0.2, -0.15) is 0 Å². The van der Waals surface area contributed by atoms with Crippen LogP contribution in [0.4, 0.5) is 5.82 Å². The maximum absolute atomic E-state index is 11.7. The maximum atomic E-state index is 11.7. The van der Waals surface area contributed by atoms with E-state index in [4.69, 9.17) is 16.1 Å². The van der Waals surface area contributed by atoms with Crippen molar-refractivity contribution in [1.29, 1.82) is 0 Å². The Balaban J connectivity index is 2.27. The quantitative estimate of drug-likeness (QED) is 0.927. The molecule has 0 spiro atoms. The summed E-state index contributed by atoms with van der Waals surface area (Å²) in [5, 5.41) is 3.52. The van der Waals surface area contributed by atoms with E-state index in [1.165, 1.54) is 12.3 Å². The first-order valence-electron chi connectivity index (χ1n) is 4.05. The second-order valence-electron chi connectivity index (χ2n) is 2.86. The molecule has 0 atom stereocenters. The highest BCUT2D eigenvalue weighted by Crippen LogP contribution is 2.24. The molecule has 0 amide bonds. The van der Waals surface area contributed by atoms with Crippen LogP contribution in [0.1, 0.15) is 5.76 Å². The number of anilines is 1. The standard InChI is InChI=1S/C7H6ClN3O3S2/c1-4-2-5(10-14-4)11-16(12,13)6-3-9-7(8)15-6/h2-3H,1H3,(H,10,11). The number of thiazole rings is 1. The fraction of sp³-hybridized carbons (Fsp3) is 0.143. The number of nitrogens with one attached hydrogen (secondary N) is 1. The van der Waals surface area contributed by atoms with Crippen LogP contribution in [0.25, 0.3) is 0 Å². The summed E-state index contributed by atoms with van der Waals surface area (Å²) in [5.41, 5.74) is 0. The van der Waals surface area contributed by atoms with Crippen molar-refractivity contribution in [2.75, 3.05) is 4.72 Å². The zero-order chi connectivity index (χ0) is 11.8. The average Bonchev–Trinajstić information content (AvgIpc) is 2.75. The lowest BCUT2D eigenvalue weighted by Crippen LogP contribution is -2.11. The van der Waals surface area contributed by atoms with Gasteiger partial charge in [0.2, 0.25) is 0 Å². The molecule has 0 aliphatic rings. The topological polar surface area (TPSA) is 85.1 Å². The molecular formula is C7H6ClN3O3S2. The predicted molar refractivity (Wildman–Crippen MR) is 59.2 cm³/mol. The average molecular weight is 280 g/mol. The van der Waals surface area contributed by atoms with Crippen LogP contribution < -0.4 is 4.72 Å². The Morgan fingerprint density at radius 1 is 1.56 bits per heavy atom. The van der Waals surface area contributed by atoms with E-state index in [1.807, 2.05) is 0 Å². The summed E-state index contributed by atoms with van der Waals surface area (Å²) in [7, 11) is -3.68. The summed E-state index contributed by atoms with van der Waals surface area (Å²) in [6, 6.07) is 1.47. The molecule has 6 nitrogen and oxygen atoms in total. The number of halogens is 1. The van der Waals surface area contributed by atoms with Crippen LogP contribution in [0.15, 0.2) is 21.0 Å². The minimum Gasteiger partial charge on any atom is -0.360 e. The predicted octanol–water partition coefficient (Wildman–Crippen LogP) is 1.89. The van der Waals surface area contributed by atoms with Crippen molar-refractivity contribution in [3.8, 4) is 0 Å². The van der Waals surface area contributed by atoms with Crippen molar-refractivity contribution in [3.05, 3.63) is 22.5 Å². The number of nitrogens with zero attached hydrogens (tertiary/aromatic N) is 2. The highest BCUT2D eigenvalue weighted by atomic mass is 35.5. The molecule has 1 N–H and O–H groups in total. The number of aryl methyl sites for hydroxylation is 1. The van der Waals surface area contributed by atoms with E-state index in [1.54, 1.807) is 6.92 Å². The lowest BCUT2D eigenvalue weighted by atomic mass is 10.5. The van der Waals surface area contributed by atoms with Gasteiger partial charge in [0, 0.05) is 6.07 Å². The molecule has 0 saturated heterocycles. The van der Waals surface area contributed by atoms with E-state index in [2.05, 4.69) is 14.9 Å². The lowest BCUT2D eigenvalue weighted by molar-refractivity contribution is 0.400. The Morgan fingerprint density at radius 3 is 2.81 bits per heavy atom. The third-order valence-electron chi connectivity index (χ3n) is 1.59. The van der Waals surface area contributed by atoms with Gasteiger partial charge in [-0.05, 0) is 6.92 Å². The minimum absolute atomic E-state index is 0.0261. The molecule has 0 aliphatic heterocycles. The molecule has 2 heterocycles. The lowest BCUT2D eigenvalue weighted by Gasteiger charge is -1.99. The second kappa shape index (κ2) is 4.04. The SMILES string of the molecule is Cc1cc(NS(=O)(=O)c2cnc(Cl)s2)no1. The van der Waals surface area contributed by atoms with Gasteiger partial charge >= 0.3 is 0 Å². The van der Waals surface area contributed by atoms with Gasteiger partial charge in [-0.3, -0.25) is 4.72 Å². The molecule has 0 radical (unpaired) electrons. The Labute approximate surface area is 100 Å². The Bertz CT molecular complexity index is 604. The van der Waals surface area contributed by atoms with Gasteiger partial charge in [-0.1, -0.05) is 28.1 Å². The van der Waals surface area contributed by atoms with Crippen LogP contribution in [-0.2, 0) is 10.0 Å². The summed E-state index contributed by atoms with van der Waals surface area (Å²) < 4.78 is 30.7. The molecule has 0 aliphatic carbocycles. The minimum atomic E-state index is -3.68. The molecule has 2 rings (SSSR count). The Kier molecular flexibility index (Phi) is 2.87. The van der Waals surface area contributed by atoms with E-state index in [0.717, 1.165) is 11.3 Å². The summed E-state index contributed by atoms with van der Waals surface area (Å²) in [5.74, 6) is 0.641. The molecular weight excluding hydrogens is 274 g/mol. The number of sulfonamides is 1. The third-order valence-corrected chi connectivity index (χ3v) is 4.52. The fourth-order valence-electron chi connectivity index (χ4n) is 0.966. The van der Waals surface area contributed by atoms with Gasteiger partial charge < -0.3 is 4.52 Å². The van der Waals surface area contributed by atoms with E-state index in [-0.39, 0.29) is 14.5 Å². The molecule has 0 aromatic carbocycles. The summed E-state index contributed by atoms with van der Waals surface area (Å²) >= 11 is 6.42. The van der Waals surface area contributed by atoms with Crippen molar-refractivity contribution in [2.45, 2.75) is 11.1 Å². The normalized spacial score (nSPS) is 11.6. The molecule has 0 unspecified atom stereocenters. The van der Waals surface area contributed by atoms with Crippen LogP contribution in [0.2, 0.25) is 4.47 Å². The molecule has 86 valence electrons. The van der Waals surface area contributed by atoms with Crippen molar-refractivity contribution < 1.29 is 12.9 Å². The van der Waals surface area contributed by atoms with Gasteiger partial charge in [0.15, 0.2) is 14.5 Å². The van der Waals surface area contributed by atoms with E-state index in [0.29, 0.717) is 5.76 Å². The smallest absolute Gasteiger partial charge is 0.274 e. The molecule has 0 fully saturated rings. The van der Waals surface area contributed by atoms with E-state index < -0.39 is 10.0 Å². The zero-order valence-corrected chi connectivity index (χ0v) is 10.4. The first kappa shape index (κ1) is 11.4. The highest BCUT2D eigenvalue weighted by molar-refractivity contribution is 7.94. The van der Waals surface area contributed by atoms with Crippen molar-refractivity contribution in [2.24, 2.45) is 0 Å². The van der Waals surface area contributed by atoms with Crippen LogP contribution in [0, 0.1) is 6.92 Å². The van der Waals surface area contributed by atoms with Crippen LogP contribution in [0.5, 0.6) is 0 Å². The van der Waals surface area contributed by atoms with Crippen molar-refractivity contribution in [1.82, 2.24) is 10.1 Å². The number of rotatable bonds is 3. The molecule has 0 bridgehead atoms. The molecule has 0 saturated carbocycles. The highest BCUT2D eigenvalue weighted by Gasteiger charge is 2.19. The van der Waals surface area contributed by atoms with Gasteiger partial charge in [-0.15, -0.1) is 0 Å². The van der Waals surface area contributed by atoms with Crippen LogP contribution in [0.3, 0.4) is 0 Å². The van der Waals surface area contributed by atoms with Crippen molar-refractivity contribution in [3.63, 3.8) is 0 Å². The monoisotopic (exact) mass is 279 g/mol. The van der Waals surface area contributed by atoms with Gasteiger partial charge in [0.25, 0.3) is 10.0 Å². The van der Waals surface area contributed by atoms with Crippen LogP contribution >= 0.6 is 22.9 Å². The van der Waals surface area contributed by atoms with Gasteiger partial charge in [0.1, 0.15) is 5.76 Å². The van der Waals surface area contributed by atoms with Crippen LogP contribution in [-0.4, -0.2) is 18.6 Å². The zero-order valence-electron chi connectivity index (χ0n) is 7.97. The number of aromatic nitrogens is 2. The third kappa shape index (κ3) is 2.34. The first-order chi connectivity index (χ1) is 7.47. The second-order valence-corrected chi connectivity index (χ2v) is 6.38. The fourth-order valence-corrected chi connectivity index (χ4v) is 3.24. The molecule has 2 aromatic rings. The number of hydrogen-bond donors (Lipinski definition) is 1. The Hall–Kier alpha value is -1.12. The van der Waals surface area contributed by atoms with E-state index >= 15 is 0 Å². The summed E-state index contributed by atoms with van der Waals surface area (Å²) in [6.45, 7) is 1.66. The Morgan fingerprint density at radius 2 is 2.31 bits per heavy atom. The van der Waals surface area contributed by atoms with E-state index in [9.17, 15) is 8.42 Å². The maximum Gasteiger partial charge on any atom is 0.274 e. The first-order valence-corrected chi connectivity index (χ1v) is 6.72. The molecule has 16 heavy (non-hydrogen) atoms. The summed E-state index contributed by atoms with van der Waals surface area (Å²) in [6.07, 6.45) is 1.18. The van der Waals surface area contributed by atoms with Crippen molar-refractivity contribution >= 4 is 38.8 Å². The van der Waals surface area contributed by atoms with Gasteiger partial charge in [0.05, 0.1) is 6.20 Å².